The van der Waals surface area contributed by atoms with Crippen molar-refractivity contribution < 1.29 is 0 Å². The van der Waals surface area contributed by atoms with E-state index in [1.807, 2.05) is 0 Å². The van der Waals surface area contributed by atoms with E-state index in [2.05, 4.69) is 26.8 Å². The predicted molar refractivity (Wildman–Crippen MR) is 59.8 cm³/mol. The first-order chi connectivity index (χ1) is 6.63. The summed E-state index contributed by atoms with van der Waals surface area (Å²) in [6.07, 6.45) is 6.70. The highest BCUT2D eigenvalue weighted by Gasteiger charge is 2.32. The SMILES string of the molecule is CCCC[C@@]1(C#N)CCC(C)=C(C)C1. The molecule has 14 heavy (non-hydrogen) atoms. The average molecular weight is 191 g/mol. The Bertz CT molecular complexity index is 269. The second-order valence-corrected chi connectivity index (χ2v) is 4.73. The number of hydrogen-bond acceptors (Lipinski definition) is 1. The normalized spacial score (nSPS) is 27.6. The number of nitriles is 1. The second-order valence-electron chi connectivity index (χ2n) is 4.73. The molecule has 0 fully saturated rings. The number of hydrogen-bond donors (Lipinski definition) is 0. The fourth-order valence-corrected chi connectivity index (χ4v) is 2.27. The van der Waals surface area contributed by atoms with Crippen LogP contribution in [0.5, 0.6) is 0 Å². The molecule has 0 bridgehead atoms. The Morgan fingerprint density at radius 2 is 2.07 bits per heavy atom. The van der Waals surface area contributed by atoms with Crippen molar-refractivity contribution in [2.45, 2.75) is 59.3 Å². The molecule has 1 rings (SSSR count). The molecule has 1 aliphatic rings. The summed E-state index contributed by atoms with van der Waals surface area (Å²) in [5.74, 6) is 0. The van der Waals surface area contributed by atoms with Gasteiger partial charge in [-0.15, -0.1) is 0 Å². The maximum Gasteiger partial charge on any atom is 0.0693 e. The van der Waals surface area contributed by atoms with Crippen LogP contribution in [0, 0.1) is 16.7 Å². The summed E-state index contributed by atoms with van der Waals surface area (Å²) in [7, 11) is 0. The van der Waals surface area contributed by atoms with Crippen LogP contribution >= 0.6 is 0 Å². The van der Waals surface area contributed by atoms with Crippen LogP contribution in [-0.4, -0.2) is 0 Å². The van der Waals surface area contributed by atoms with Crippen LogP contribution < -0.4 is 0 Å². The van der Waals surface area contributed by atoms with Gasteiger partial charge in [-0.1, -0.05) is 30.9 Å². The second kappa shape index (κ2) is 4.64. The smallest absolute Gasteiger partial charge is 0.0693 e. The van der Waals surface area contributed by atoms with Crippen molar-refractivity contribution in [2.24, 2.45) is 5.41 Å². The molecule has 0 aromatic rings. The first kappa shape index (κ1) is 11.3. The standard InChI is InChI=1S/C13H21N/c1-4-5-7-13(10-14)8-6-11(2)12(3)9-13/h4-9H2,1-3H3/t13-/m1/s1. The van der Waals surface area contributed by atoms with E-state index in [-0.39, 0.29) is 5.41 Å². The third kappa shape index (κ3) is 2.38. The Morgan fingerprint density at radius 1 is 1.36 bits per heavy atom. The quantitative estimate of drug-likeness (QED) is 0.613. The molecular formula is C13H21N. The van der Waals surface area contributed by atoms with E-state index >= 15 is 0 Å². The Labute approximate surface area is 87.8 Å². The van der Waals surface area contributed by atoms with Crippen molar-refractivity contribution in [2.75, 3.05) is 0 Å². The largest absolute Gasteiger partial charge is 0.198 e. The van der Waals surface area contributed by atoms with Gasteiger partial charge in [0.1, 0.15) is 0 Å². The van der Waals surface area contributed by atoms with Crippen LogP contribution in [0.3, 0.4) is 0 Å². The molecule has 0 spiro atoms. The molecule has 0 heterocycles. The zero-order valence-electron chi connectivity index (χ0n) is 9.69. The summed E-state index contributed by atoms with van der Waals surface area (Å²) < 4.78 is 0. The molecule has 1 heteroatoms. The van der Waals surface area contributed by atoms with Gasteiger partial charge in [-0.2, -0.15) is 5.26 Å². The van der Waals surface area contributed by atoms with Crippen LogP contribution in [0.25, 0.3) is 0 Å². The third-order valence-electron chi connectivity index (χ3n) is 3.56. The van der Waals surface area contributed by atoms with Gasteiger partial charge in [0, 0.05) is 0 Å². The predicted octanol–water partition coefficient (Wildman–Crippen LogP) is 4.21. The van der Waals surface area contributed by atoms with E-state index in [9.17, 15) is 5.26 Å². The molecule has 78 valence electrons. The fraction of sp³-hybridized carbons (Fsp3) is 0.769. The van der Waals surface area contributed by atoms with Crippen molar-refractivity contribution in [1.29, 1.82) is 5.26 Å². The Hall–Kier alpha value is -0.770. The van der Waals surface area contributed by atoms with Crippen LogP contribution in [-0.2, 0) is 0 Å². The van der Waals surface area contributed by atoms with Gasteiger partial charge in [0.2, 0.25) is 0 Å². The lowest BCUT2D eigenvalue weighted by Gasteiger charge is -2.32. The number of rotatable bonds is 3. The average Bonchev–Trinajstić information content (AvgIpc) is 2.20. The zero-order chi connectivity index (χ0) is 10.6. The first-order valence-electron chi connectivity index (χ1n) is 5.70. The third-order valence-corrected chi connectivity index (χ3v) is 3.56. The van der Waals surface area contributed by atoms with Gasteiger partial charge in [-0.05, 0) is 39.5 Å². The minimum Gasteiger partial charge on any atom is -0.198 e. The van der Waals surface area contributed by atoms with Crippen LogP contribution in [0.1, 0.15) is 59.3 Å². The molecule has 0 aromatic carbocycles. The molecule has 0 unspecified atom stereocenters. The molecule has 0 aliphatic heterocycles. The van der Waals surface area contributed by atoms with Crippen molar-refractivity contribution >= 4 is 0 Å². The summed E-state index contributed by atoms with van der Waals surface area (Å²) in [4.78, 5) is 0. The van der Waals surface area contributed by atoms with Gasteiger partial charge < -0.3 is 0 Å². The monoisotopic (exact) mass is 191 g/mol. The highest BCUT2D eigenvalue weighted by molar-refractivity contribution is 5.20. The van der Waals surface area contributed by atoms with Crippen LogP contribution in [0.4, 0.5) is 0 Å². The molecule has 0 saturated heterocycles. The van der Waals surface area contributed by atoms with E-state index in [0.29, 0.717) is 0 Å². The minimum absolute atomic E-state index is 0.0282. The number of unbranched alkanes of at least 4 members (excludes halogenated alkanes) is 1. The van der Waals surface area contributed by atoms with Gasteiger partial charge in [-0.3, -0.25) is 0 Å². The topological polar surface area (TPSA) is 23.8 Å². The fourth-order valence-electron chi connectivity index (χ4n) is 2.27. The Kier molecular flexibility index (Phi) is 3.75. The lowest BCUT2D eigenvalue weighted by molar-refractivity contribution is 0.305. The molecule has 0 saturated carbocycles. The highest BCUT2D eigenvalue weighted by atomic mass is 14.4. The van der Waals surface area contributed by atoms with E-state index in [4.69, 9.17) is 0 Å². The summed E-state index contributed by atoms with van der Waals surface area (Å²) in [6.45, 7) is 6.59. The summed E-state index contributed by atoms with van der Waals surface area (Å²) in [6, 6.07) is 2.57. The van der Waals surface area contributed by atoms with E-state index in [1.54, 1.807) is 0 Å². The molecule has 1 nitrogen and oxygen atoms in total. The van der Waals surface area contributed by atoms with E-state index in [0.717, 1.165) is 25.7 Å². The van der Waals surface area contributed by atoms with Gasteiger partial charge in [0.25, 0.3) is 0 Å². The van der Waals surface area contributed by atoms with Gasteiger partial charge in [-0.25, -0.2) is 0 Å². The lowest BCUT2D eigenvalue weighted by atomic mass is 9.70. The molecule has 0 amide bonds. The Morgan fingerprint density at radius 3 is 2.57 bits per heavy atom. The maximum absolute atomic E-state index is 9.30. The summed E-state index contributed by atoms with van der Waals surface area (Å²) in [5, 5.41) is 9.30. The van der Waals surface area contributed by atoms with Crippen molar-refractivity contribution in [3.05, 3.63) is 11.1 Å². The molecular weight excluding hydrogens is 170 g/mol. The number of allylic oxidation sites excluding steroid dienone is 2. The molecule has 0 radical (unpaired) electrons. The molecule has 1 atom stereocenters. The molecule has 0 aromatic heterocycles. The Balaban J connectivity index is 2.70. The highest BCUT2D eigenvalue weighted by Crippen LogP contribution is 2.42. The van der Waals surface area contributed by atoms with Gasteiger partial charge in [0.15, 0.2) is 0 Å². The zero-order valence-corrected chi connectivity index (χ0v) is 9.69. The van der Waals surface area contributed by atoms with E-state index in [1.165, 1.54) is 24.0 Å². The summed E-state index contributed by atoms with van der Waals surface area (Å²) in [5.41, 5.74) is 2.93. The van der Waals surface area contributed by atoms with Crippen molar-refractivity contribution in [1.82, 2.24) is 0 Å². The minimum atomic E-state index is -0.0282. The van der Waals surface area contributed by atoms with Gasteiger partial charge in [0.05, 0.1) is 11.5 Å². The maximum atomic E-state index is 9.30. The van der Waals surface area contributed by atoms with Crippen LogP contribution in [0.2, 0.25) is 0 Å². The van der Waals surface area contributed by atoms with Gasteiger partial charge >= 0.3 is 0 Å². The van der Waals surface area contributed by atoms with E-state index < -0.39 is 0 Å². The molecule has 1 aliphatic carbocycles. The first-order valence-corrected chi connectivity index (χ1v) is 5.70. The lowest BCUT2D eigenvalue weighted by Crippen LogP contribution is -2.23. The summed E-state index contributed by atoms with van der Waals surface area (Å²) >= 11 is 0. The van der Waals surface area contributed by atoms with Crippen molar-refractivity contribution in [3.8, 4) is 6.07 Å². The molecule has 0 N–H and O–H groups in total. The van der Waals surface area contributed by atoms with Crippen molar-refractivity contribution in [3.63, 3.8) is 0 Å². The number of nitrogens with zero attached hydrogens (tertiary/aromatic N) is 1. The van der Waals surface area contributed by atoms with Crippen LogP contribution in [0.15, 0.2) is 11.1 Å².